The average molecular weight is 290 g/mol. The van der Waals surface area contributed by atoms with E-state index in [2.05, 4.69) is 23.6 Å². The van der Waals surface area contributed by atoms with Gasteiger partial charge in [-0.1, -0.05) is 0 Å². The van der Waals surface area contributed by atoms with Gasteiger partial charge in [-0.05, 0) is 0 Å². The van der Waals surface area contributed by atoms with Gasteiger partial charge in [0.05, 0.1) is 0 Å². The van der Waals surface area contributed by atoms with Gasteiger partial charge in [0.25, 0.3) is 0 Å². The average Bonchev–Trinajstić information content (AvgIpc) is 2.28. The Kier molecular flexibility index (Phi) is 7.25. The van der Waals surface area contributed by atoms with Crippen molar-refractivity contribution < 1.29 is 18.5 Å². The second kappa shape index (κ2) is 7.62. The fourth-order valence-electron chi connectivity index (χ4n) is 1.51. The number of hydrogen-bond donors (Lipinski definition) is 0. The Hall–Kier alpha value is -0.920. The van der Waals surface area contributed by atoms with Crippen molar-refractivity contribution in [3.63, 3.8) is 0 Å². The normalized spacial score (nSPS) is 12.8. The summed E-state index contributed by atoms with van der Waals surface area (Å²) in [5.41, 5.74) is 2.91. The predicted molar refractivity (Wildman–Crippen MR) is 79.8 cm³/mol. The number of halogens is 1. The summed E-state index contributed by atoms with van der Waals surface area (Å²) in [6.45, 7) is 14.9. The Morgan fingerprint density at radius 3 is 2.42 bits per heavy atom. The molecule has 0 saturated carbocycles. The first-order chi connectivity index (χ1) is 8.75. The van der Waals surface area contributed by atoms with E-state index in [9.17, 15) is 4.53 Å². The van der Waals surface area contributed by atoms with Crippen LogP contribution in [0.3, 0.4) is 0 Å². The van der Waals surface area contributed by atoms with Crippen LogP contribution >= 0.6 is 7.06 Å². The summed E-state index contributed by atoms with van der Waals surface area (Å²) >= 11 is 0. The van der Waals surface area contributed by atoms with Crippen LogP contribution in [-0.2, 0) is 14.0 Å². The van der Waals surface area contributed by atoms with Gasteiger partial charge in [-0.25, -0.2) is 0 Å². The summed E-state index contributed by atoms with van der Waals surface area (Å²) in [4.78, 5) is 0. The standard InChI is InChI=1S/C14H24FO3P/c1-7-9-10-11-13(3)17-14(4)12-19(5,6,18-15)16-8-2/h9,11H,3-4,7-8,12H2,1-2,5-6H3. The van der Waals surface area contributed by atoms with Crippen LogP contribution in [0.25, 0.3) is 0 Å². The SMILES string of the molecule is C=C(C=C=CCC)OC(=C)CP(C)(C)(OF)OCC. The van der Waals surface area contributed by atoms with Crippen LogP contribution in [0.4, 0.5) is 4.53 Å². The zero-order valence-electron chi connectivity index (χ0n) is 12.2. The fraction of sp³-hybridized carbons (Fsp3) is 0.500. The molecule has 5 heteroatoms. The molecule has 0 aliphatic carbocycles. The molecule has 0 radical (unpaired) electrons. The van der Waals surface area contributed by atoms with Crippen molar-refractivity contribution in [1.82, 2.24) is 0 Å². The molecule has 0 aromatic carbocycles. The van der Waals surface area contributed by atoms with E-state index in [0.29, 0.717) is 18.1 Å². The summed E-state index contributed by atoms with van der Waals surface area (Å²) in [5, 5.41) is 0. The monoisotopic (exact) mass is 290 g/mol. The van der Waals surface area contributed by atoms with Crippen LogP contribution in [0, 0.1) is 0 Å². The summed E-state index contributed by atoms with van der Waals surface area (Å²) < 4.78 is 27.8. The van der Waals surface area contributed by atoms with Crippen molar-refractivity contribution in [2.24, 2.45) is 0 Å². The van der Waals surface area contributed by atoms with Gasteiger partial charge in [-0.3, -0.25) is 0 Å². The number of hydrogen-bond acceptors (Lipinski definition) is 3. The summed E-state index contributed by atoms with van der Waals surface area (Å²) in [5.74, 6) is 0.747. The molecule has 0 fully saturated rings. The van der Waals surface area contributed by atoms with Gasteiger partial charge < -0.3 is 0 Å². The third-order valence-corrected chi connectivity index (χ3v) is 4.95. The van der Waals surface area contributed by atoms with Gasteiger partial charge in [0.15, 0.2) is 0 Å². The van der Waals surface area contributed by atoms with E-state index in [4.69, 9.17) is 9.26 Å². The number of rotatable bonds is 9. The van der Waals surface area contributed by atoms with Crippen molar-refractivity contribution in [2.45, 2.75) is 20.3 Å². The molecule has 19 heavy (non-hydrogen) atoms. The van der Waals surface area contributed by atoms with Gasteiger partial charge in [0, 0.05) is 0 Å². The Bertz CT molecular complexity index is 395. The third kappa shape index (κ3) is 7.29. The second-order valence-corrected chi connectivity index (χ2v) is 9.82. The minimum atomic E-state index is -3.34. The summed E-state index contributed by atoms with van der Waals surface area (Å²) in [7, 11) is -3.34. The Morgan fingerprint density at radius 1 is 1.32 bits per heavy atom. The van der Waals surface area contributed by atoms with Crippen LogP contribution in [0.1, 0.15) is 20.3 Å². The first-order valence-corrected chi connectivity index (χ1v) is 9.33. The molecule has 0 aromatic heterocycles. The van der Waals surface area contributed by atoms with E-state index >= 15 is 0 Å². The quantitative estimate of drug-likeness (QED) is 0.266. The molecule has 0 rings (SSSR count). The molecule has 0 spiro atoms. The maximum absolute atomic E-state index is 12.8. The van der Waals surface area contributed by atoms with Gasteiger partial charge in [-0.15, -0.1) is 0 Å². The minimum absolute atomic E-state index is 0.167. The van der Waals surface area contributed by atoms with Crippen molar-refractivity contribution >= 4 is 7.06 Å². The maximum atomic E-state index is 12.8. The zero-order valence-corrected chi connectivity index (χ0v) is 13.1. The molecule has 0 saturated heterocycles. The molecular formula is C14H24FO3P. The summed E-state index contributed by atoms with van der Waals surface area (Å²) in [6, 6.07) is 0. The Morgan fingerprint density at radius 2 is 1.95 bits per heavy atom. The second-order valence-electron chi connectivity index (χ2n) is 4.82. The van der Waals surface area contributed by atoms with E-state index in [0.717, 1.165) is 6.42 Å². The molecule has 0 bridgehead atoms. The molecule has 0 heterocycles. The van der Waals surface area contributed by atoms with Crippen molar-refractivity contribution in [2.75, 3.05) is 26.1 Å². The van der Waals surface area contributed by atoms with Crippen LogP contribution in [-0.4, -0.2) is 26.1 Å². The molecule has 3 nitrogen and oxygen atoms in total. The number of allylic oxidation sites excluding steroid dienone is 2. The van der Waals surface area contributed by atoms with Crippen molar-refractivity contribution in [3.8, 4) is 0 Å². The molecular weight excluding hydrogens is 266 g/mol. The Balaban J connectivity index is 4.61. The third-order valence-electron chi connectivity index (χ3n) is 2.21. The van der Waals surface area contributed by atoms with Crippen LogP contribution in [0.15, 0.2) is 42.6 Å². The van der Waals surface area contributed by atoms with Gasteiger partial charge in [-0.2, -0.15) is 0 Å². The molecule has 110 valence electrons. The number of ether oxygens (including phenoxy) is 1. The van der Waals surface area contributed by atoms with Gasteiger partial charge in [0.2, 0.25) is 0 Å². The van der Waals surface area contributed by atoms with Gasteiger partial charge in [0.1, 0.15) is 0 Å². The fourth-order valence-corrected chi connectivity index (χ4v) is 3.55. The van der Waals surface area contributed by atoms with Crippen molar-refractivity contribution in [1.29, 1.82) is 0 Å². The van der Waals surface area contributed by atoms with Gasteiger partial charge >= 0.3 is 114 Å². The molecule has 0 atom stereocenters. The Labute approximate surface area is 115 Å². The first kappa shape index (κ1) is 18.1. The summed E-state index contributed by atoms with van der Waals surface area (Å²) in [6.07, 6.45) is 4.50. The van der Waals surface area contributed by atoms with Crippen LogP contribution in [0.2, 0.25) is 0 Å². The molecule has 0 unspecified atom stereocenters. The molecule has 0 N–H and O–H groups in total. The van der Waals surface area contributed by atoms with E-state index in [-0.39, 0.29) is 6.16 Å². The molecule has 0 amide bonds. The van der Waals surface area contributed by atoms with Crippen molar-refractivity contribution in [3.05, 3.63) is 42.6 Å². The van der Waals surface area contributed by atoms with E-state index < -0.39 is 7.06 Å². The van der Waals surface area contributed by atoms with Crippen LogP contribution < -0.4 is 0 Å². The van der Waals surface area contributed by atoms with E-state index in [1.165, 1.54) is 0 Å². The van der Waals surface area contributed by atoms with E-state index in [1.54, 1.807) is 26.3 Å². The first-order valence-electron chi connectivity index (χ1n) is 6.18. The molecule has 0 aliphatic rings. The van der Waals surface area contributed by atoms with Crippen LogP contribution in [0.5, 0.6) is 0 Å². The topological polar surface area (TPSA) is 27.7 Å². The van der Waals surface area contributed by atoms with E-state index in [1.807, 2.05) is 13.0 Å². The molecule has 0 aliphatic heterocycles. The predicted octanol–water partition coefficient (Wildman–Crippen LogP) is 4.73. The zero-order chi connectivity index (χ0) is 15.0. The molecule has 0 aromatic rings.